The molecule has 0 radical (unpaired) electrons. The van der Waals surface area contributed by atoms with Crippen molar-refractivity contribution in [2.45, 2.75) is 19.6 Å². The summed E-state index contributed by atoms with van der Waals surface area (Å²) in [5.41, 5.74) is 2.79. The van der Waals surface area contributed by atoms with E-state index in [1.54, 1.807) is 7.11 Å². The lowest BCUT2D eigenvalue weighted by molar-refractivity contribution is 0.240. The van der Waals surface area contributed by atoms with Crippen LogP contribution in [-0.4, -0.2) is 24.8 Å². The van der Waals surface area contributed by atoms with Gasteiger partial charge in [0.1, 0.15) is 5.75 Å². The van der Waals surface area contributed by atoms with Crippen molar-refractivity contribution < 1.29 is 14.6 Å². The molecule has 2 amide bonds. The molecule has 2 aromatic carbocycles. The molecule has 0 bridgehead atoms. The van der Waals surface area contributed by atoms with Gasteiger partial charge in [-0.2, -0.15) is 0 Å². The summed E-state index contributed by atoms with van der Waals surface area (Å²) in [6.07, 6.45) is 0.699. The maximum absolute atomic E-state index is 11.8. The average Bonchev–Trinajstić information content (AvgIpc) is 2.60. The summed E-state index contributed by atoms with van der Waals surface area (Å²) in [6, 6.07) is 15.0. The Hall–Kier alpha value is -2.53. The van der Waals surface area contributed by atoms with Crippen LogP contribution in [-0.2, 0) is 19.6 Å². The molecule has 0 aliphatic rings. The zero-order chi connectivity index (χ0) is 16.5. The van der Waals surface area contributed by atoms with Gasteiger partial charge in [0.05, 0.1) is 13.7 Å². The highest BCUT2D eigenvalue weighted by atomic mass is 16.5. The number of hydrogen-bond acceptors (Lipinski definition) is 3. The third-order valence-corrected chi connectivity index (χ3v) is 3.60. The predicted octanol–water partition coefficient (Wildman–Crippen LogP) is 2.23. The van der Waals surface area contributed by atoms with Gasteiger partial charge in [-0.05, 0) is 29.2 Å². The lowest BCUT2D eigenvalue weighted by atomic mass is 10.1. The van der Waals surface area contributed by atoms with Gasteiger partial charge in [-0.1, -0.05) is 42.5 Å². The number of para-hydroxylation sites is 1. The molecule has 5 heteroatoms. The number of amides is 2. The Morgan fingerprint density at radius 1 is 1.00 bits per heavy atom. The summed E-state index contributed by atoms with van der Waals surface area (Å²) in [4.78, 5) is 11.8. The van der Waals surface area contributed by atoms with Crippen molar-refractivity contribution in [2.75, 3.05) is 13.7 Å². The lowest BCUT2D eigenvalue weighted by Gasteiger charge is -2.11. The van der Waals surface area contributed by atoms with E-state index < -0.39 is 0 Å². The number of carbonyl (C=O) groups is 1. The van der Waals surface area contributed by atoms with Crippen molar-refractivity contribution in [2.24, 2.45) is 0 Å². The molecule has 0 aliphatic heterocycles. The zero-order valence-corrected chi connectivity index (χ0v) is 13.2. The molecule has 3 N–H and O–H groups in total. The van der Waals surface area contributed by atoms with E-state index in [2.05, 4.69) is 10.6 Å². The van der Waals surface area contributed by atoms with Gasteiger partial charge < -0.3 is 20.5 Å². The fraction of sp³-hybridized carbons (Fsp3) is 0.278. The van der Waals surface area contributed by atoms with Gasteiger partial charge in [0, 0.05) is 13.1 Å². The first-order valence-electron chi connectivity index (χ1n) is 7.56. The van der Waals surface area contributed by atoms with Crippen LogP contribution in [0.4, 0.5) is 4.79 Å². The average molecular weight is 314 g/mol. The van der Waals surface area contributed by atoms with E-state index in [1.807, 2.05) is 48.5 Å². The number of carbonyl (C=O) groups excluding carboxylic acids is 1. The monoisotopic (exact) mass is 314 g/mol. The van der Waals surface area contributed by atoms with Crippen LogP contribution < -0.4 is 15.4 Å². The smallest absolute Gasteiger partial charge is 0.315 e. The topological polar surface area (TPSA) is 70.6 Å². The Kier molecular flexibility index (Phi) is 6.44. The molecule has 0 atom stereocenters. The summed E-state index contributed by atoms with van der Waals surface area (Å²) in [5.74, 6) is 0.826. The van der Waals surface area contributed by atoms with Gasteiger partial charge in [-0.25, -0.2) is 4.79 Å². The number of hydrogen-bond donors (Lipinski definition) is 3. The maximum Gasteiger partial charge on any atom is 0.315 e. The quantitative estimate of drug-likeness (QED) is 0.734. The highest BCUT2D eigenvalue weighted by Crippen LogP contribution is 2.17. The van der Waals surface area contributed by atoms with E-state index in [4.69, 9.17) is 4.74 Å². The normalized spacial score (nSPS) is 10.2. The standard InChI is InChI=1S/C18H22N2O3/c1-23-17-9-5-4-6-14(17)10-11-19-18(22)20-12-15-7-2-3-8-16(15)13-21/h2-9,21H,10-13H2,1H3,(H2,19,20,22). The van der Waals surface area contributed by atoms with Crippen LogP contribution in [0.5, 0.6) is 5.75 Å². The molecular weight excluding hydrogens is 292 g/mol. The van der Waals surface area contributed by atoms with Crippen LogP contribution in [0, 0.1) is 0 Å². The molecule has 2 aromatic rings. The summed E-state index contributed by atoms with van der Waals surface area (Å²) in [7, 11) is 1.64. The van der Waals surface area contributed by atoms with Crippen molar-refractivity contribution in [1.29, 1.82) is 0 Å². The molecule has 122 valence electrons. The Balaban J connectivity index is 1.77. The molecule has 0 spiro atoms. The molecule has 0 unspecified atom stereocenters. The zero-order valence-electron chi connectivity index (χ0n) is 13.2. The van der Waals surface area contributed by atoms with Crippen molar-refractivity contribution >= 4 is 6.03 Å². The molecule has 0 saturated carbocycles. The Morgan fingerprint density at radius 3 is 2.35 bits per heavy atom. The molecule has 0 aromatic heterocycles. The van der Waals surface area contributed by atoms with E-state index >= 15 is 0 Å². The molecular formula is C18H22N2O3. The molecule has 0 aliphatic carbocycles. The molecule has 2 rings (SSSR count). The number of aliphatic hydroxyl groups is 1. The summed E-state index contributed by atoms with van der Waals surface area (Å²) < 4.78 is 5.28. The van der Waals surface area contributed by atoms with Gasteiger partial charge in [-0.15, -0.1) is 0 Å². The number of benzene rings is 2. The van der Waals surface area contributed by atoms with Crippen LogP contribution in [0.2, 0.25) is 0 Å². The second-order valence-electron chi connectivity index (χ2n) is 5.10. The fourth-order valence-electron chi connectivity index (χ4n) is 2.34. The molecule has 0 heterocycles. The van der Waals surface area contributed by atoms with Gasteiger partial charge in [0.15, 0.2) is 0 Å². The predicted molar refractivity (Wildman–Crippen MR) is 89.3 cm³/mol. The van der Waals surface area contributed by atoms with E-state index in [9.17, 15) is 9.90 Å². The number of methoxy groups -OCH3 is 1. The SMILES string of the molecule is COc1ccccc1CCNC(=O)NCc1ccccc1CO. The van der Waals surface area contributed by atoms with Crippen LogP contribution in [0.15, 0.2) is 48.5 Å². The van der Waals surface area contributed by atoms with Crippen molar-refractivity contribution in [1.82, 2.24) is 10.6 Å². The number of urea groups is 1. The third-order valence-electron chi connectivity index (χ3n) is 3.60. The van der Waals surface area contributed by atoms with Gasteiger partial charge in [0.2, 0.25) is 0 Å². The van der Waals surface area contributed by atoms with Crippen LogP contribution >= 0.6 is 0 Å². The number of aliphatic hydroxyl groups excluding tert-OH is 1. The lowest BCUT2D eigenvalue weighted by Crippen LogP contribution is -2.36. The van der Waals surface area contributed by atoms with Gasteiger partial charge >= 0.3 is 6.03 Å². The van der Waals surface area contributed by atoms with E-state index in [-0.39, 0.29) is 12.6 Å². The largest absolute Gasteiger partial charge is 0.496 e. The highest BCUT2D eigenvalue weighted by Gasteiger charge is 2.05. The molecule has 0 fully saturated rings. The van der Waals surface area contributed by atoms with Gasteiger partial charge in [-0.3, -0.25) is 0 Å². The second-order valence-corrected chi connectivity index (χ2v) is 5.10. The second kappa shape index (κ2) is 8.80. The van der Waals surface area contributed by atoms with Crippen LogP contribution in [0.25, 0.3) is 0 Å². The third kappa shape index (κ3) is 5.00. The molecule has 5 nitrogen and oxygen atoms in total. The first kappa shape index (κ1) is 16.8. The first-order valence-corrected chi connectivity index (χ1v) is 7.56. The van der Waals surface area contributed by atoms with Crippen LogP contribution in [0.1, 0.15) is 16.7 Å². The fourth-order valence-corrected chi connectivity index (χ4v) is 2.34. The van der Waals surface area contributed by atoms with Crippen molar-refractivity contribution in [3.63, 3.8) is 0 Å². The highest BCUT2D eigenvalue weighted by molar-refractivity contribution is 5.73. The van der Waals surface area contributed by atoms with Gasteiger partial charge in [0.25, 0.3) is 0 Å². The molecule has 23 heavy (non-hydrogen) atoms. The Labute approximate surface area is 136 Å². The summed E-state index contributed by atoms with van der Waals surface area (Å²) in [6.45, 7) is 0.873. The minimum Gasteiger partial charge on any atom is -0.496 e. The Bertz CT molecular complexity index is 644. The van der Waals surface area contributed by atoms with Crippen molar-refractivity contribution in [3.8, 4) is 5.75 Å². The molecule has 0 saturated heterocycles. The Morgan fingerprint density at radius 2 is 1.65 bits per heavy atom. The first-order chi connectivity index (χ1) is 11.2. The summed E-state index contributed by atoms with van der Waals surface area (Å²) >= 11 is 0. The van der Waals surface area contributed by atoms with Crippen LogP contribution in [0.3, 0.4) is 0 Å². The number of nitrogens with one attached hydrogen (secondary N) is 2. The minimum absolute atomic E-state index is 0.0345. The van der Waals surface area contributed by atoms with E-state index in [1.165, 1.54) is 0 Å². The minimum atomic E-state index is -0.229. The maximum atomic E-state index is 11.8. The van der Waals surface area contributed by atoms with E-state index in [0.29, 0.717) is 19.5 Å². The number of ether oxygens (including phenoxy) is 1. The van der Waals surface area contributed by atoms with E-state index in [0.717, 1.165) is 22.4 Å². The number of rotatable bonds is 7. The van der Waals surface area contributed by atoms with Crippen molar-refractivity contribution in [3.05, 3.63) is 65.2 Å². The summed E-state index contributed by atoms with van der Waals surface area (Å²) in [5, 5.41) is 14.9.